The van der Waals surface area contributed by atoms with Crippen LogP contribution in [0.1, 0.15) is 19.4 Å². The first-order valence-electron chi connectivity index (χ1n) is 6.78. The monoisotopic (exact) mass is 264 g/mol. The van der Waals surface area contributed by atoms with Crippen molar-refractivity contribution in [1.82, 2.24) is 4.90 Å². The molecule has 1 atom stereocenters. The molecule has 0 aromatic heterocycles. The summed E-state index contributed by atoms with van der Waals surface area (Å²) in [6.45, 7) is 5.81. The van der Waals surface area contributed by atoms with E-state index in [4.69, 9.17) is 10.5 Å². The van der Waals surface area contributed by atoms with E-state index in [2.05, 4.69) is 0 Å². The fraction of sp³-hybridized carbons (Fsp3) is 0.533. The summed E-state index contributed by atoms with van der Waals surface area (Å²) in [5, 5.41) is 0. The van der Waals surface area contributed by atoms with E-state index in [1.807, 2.05) is 43.0 Å². The molecular weight excluding hydrogens is 240 g/mol. The van der Waals surface area contributed by atoms with Gasteiger partial charge in [-0.1, -0.05) is 12.1 Å². The molecule has 1 aromatic carbocycles. The maximum atomic E-state index is 12.3. The molecule has 1 rings (SSSR count). The Kier molecular flexibility index (Phi) is 6.36. The summed E-state index contributed by atoms with van der Waals surface area (Å²) in [5.74, 6) is 0.819. The van der Waals surface area contributed by atoms with Crippen LogP contribution < -0.4 is 10.5 Å². The first kappa shape index (κ1) is 15.5. The minimum absolute atomic E-state index is 0.142. The average Bonchev–Trinajstić information content (AvgIpc) is 2.46. The Hall–Kier alpha value is -1.55. The fourth-order valence-electron chi connectivity index (χ4n) is 2.11. The number of methoxy groups -OCH3 is 1. The standard InChI is InChI=1S/C15H24N2O2/c1-4-17(5-2)15(18)13(11-16)10-12-6-8-14(19-3)9-7-12/h6-9,13H,4-5,10-11,16H2,1-3H3. The lowest BCUT2D eigenvalue weighted by Crippen LogP contribution is -2.39. The van der Waals surface area contributed by atoms with Crippen LogP contribution in [-0.4, -0.2) is 37.6 Å². The Morgan fingerprint density at radius 2 is 1.84 bits per heavy atom. The largest absolute Gasteiger partial charge is 0.497 e. The summed E-state index contributed by atoms with van der Waals surface area (Å²) in [4.78, 5) is 14.1. The molecule has 106 valence electrons. The highest BCUT2D eigenvalue weighted by Gasteiger charge is 2.21. The first-order valence-corrected chi connectivity index (χ1v) is 6.78. The number of carbonyl (C=O) groups excluding carboxylic acids is 1. The number of hydrogen-bond acceptors (Lipinski definition) is 3. The van der Waals surface area contributed by atoms with Gasteiger partial charge in [-0.05, 0) is 38.0 Å². The van der Waals surface area contributed by atoms with Crippen LogP contribution in [0.2, 0.25) is 0 Å². The van der Waals surface area contributed by atoms with Gasteiger partial charge in [0, 0.05) is 19.6 Å². The Morgan fingerprint density at radius 3 is 2.26 bits per heavy atom. The van der Waals surface area contributed by atoms with Gasteiger partial charge in [0.15, 0.2) is 0 Å². The van der Waals surface area contributed by atoms with Gasteiger partial charge in [0.2, 0.25) is 5.91 Å². The molecule has 1 unspecified atom stereocenters. The van der Waals surface area contributed by atoms with Crippen LogP contribution in [0.5, 0.6) is 5.75 Å². The van der Waals surface area contributed by atoms with Crippen LogP contribution in [0, 0.1) is 5.92 Å². The third kappa shape index (κ3) is 4.24. The summed E-state index contributed by atoms with van der Waals surface area (Å²) in [7, 11) is 1.64. The van der Waals surface area contributed by atoms with Crippen LogP contribution >= 0.6 is 0 Å². The second-order valence-electron chi connectivity index (χ2n) is 4.50. The minimum Gasteiger partial charge on any atom is -0.497 e. The number of benzene rings is 1. The fourth-order valence-corrected chi connectivity index (χ4v) is 2.11. The van der Waals surface area contributed by atoms with Gasteiger partial charge in [-0.2, -0.15) is 0 Å². The number of nitrogens with zero attached hydrogens (tertiary/aromatic N) is 1. The van der Waals surface area contributed by atoms with Crippen molar-refractivity contribution in [2.24, 2.45) is 11.7 Å². The van der Waals surface area contributed by atoms with E-state index in [0.717, 1.165) is 24.4 Å². The average molecular weight is 264 g/mol. The molecule has 0 aliphatic heterocycles. The van der Waals surface area contributed by atoms with Crippen molar-refractivity contribution < 1.29 is 9.53 Å². The van der Waals surface area contributed by atoms with Crippen molar-refractivity contribution in [3.8, 4) is 5.75 Å². The highest BCUT2D eigenvalue weighted by atomic mass is 16.5. The van der Waals surface area contributed by atoms with Gasteiger partial charge < -0.3 is 15.4 Å². The zero-order valence-corrected chi connectivity index (χ0v) is 12.1. The second-order valence-corrected chi connectivity index (χ2v) is 4.50. The predicted octanol–water partition coefficient (Wildman–Crippen LogP) is 1.68. The lowest BCUT2D eigenvalue weighted by atomic mass is 9.98. The van der Waals surface area contributed by atoms with Gasteiger partial charge in [-0.25, -0.2) is 0 Å². The molecule has 4 heteroatoms. The zero-order chi connectivity index (χ0) is 14.3. The highest BCUT2D eigenvalue weighted by Crippen LogP contribution is 2.15. The molecule has 0 radical (unpaired) electrons. The van der Waals surface area contributed by atoms with E-state index >= 15 is 0 Å². The van der Waals surface area contributed by atoms with Gasteiger partial charge in [-0.3, -0.25) is 4.79 Å². The third-order valence-corrected chi connectivity index (χ3v) is 3.35. The van der Waals surface area contributed by atoms with Crippen LogP contribution in [0.15, 0.2) is 24.3 Å². The van der Waals surface area contributed by atoms with Crippen LogP contribution in [0.3, 0.4) is 0 Å². The Balaban J connectivity index is 2.72. The van der Waals surface area contributed by atoms with Gasteiger partial charge in [0.05, 0.1) is 13.0 Å². The molecule has 0 saturated heterocycles. The number of amides is 1. The Bertz CT molecular complexity index is 386. The van der Waals surface area contributed by atoms with Gasteiger partial charge >= 0.3 is 0 Å². The number of hydrogen-bond donors (Lipinski definition) is 1. The molecule has 0 saturated carbocycles. The maximum absolute atomic E-state index is 12.3. The number of ether oxygens (including phenoxy) is 1. The molecule has 0 aliphatic rings. The molecule has 0 fully saturated rings. The molecule has 0 spiro atoms. The number of nitrogens with two attached hydrogens (primary N) is 1. The summed E-state index contributed by atoms with van der Waals surface area (Å²) in [6, 6.07) is 7.78. The van der Waals surface area contributed by atoms with Crippen LogP contribution in [0.4, 0.5) is 0 Å². The quantitative estimate of drug-likeness (QED) is 0.815. The van der Waals surface area contributed by atoms with Gasteiger partial charge in [0.25, 0.3) is 0 Å². The molecule has 0 aliphatic carbocycles. The first-order chi connectivity index (χ1) is 9.15. The van der Waals surface area contributed by atoms with Gasteiger partial charge in [-0.15, -0.1) is 0 Å². The van der Waals surface area contributed by atoms with Crippen molar-refractivity contribution in [1.29, 1.82) is 0 Å². The lowest BCUT2D eigenvalue weighted by Gasteiger charge is -2.24. The highest BCUT2D eigenvalue weighted by molar-refractivity contribution is 5.79. The molecule has 0 bridgehead atoms. The SMILES string of the molecule is CCN(CC)C(=O)C(CN)Cc1ccc(OC)cc1. The minimum atomic E-state index is -0.145. The molecule has 0 heterocycles. The molecular formula is C15H24N2O2. The molecule has 1 aromatic rings. The number of rotatable bonds is 7. The Morgan fingerprint density at radius 1 is 1.26 bits per heavy atom. The number of carbonyl (C=O) groups is 1. The van der Waals surface area contributed by atoms with E-state index in [-0.39, 0.29) is 11.8 Å². The summed E-state index contributed by atoms with van der Waals surface area (Å²) in [6.07, 6.45) is 0.676. The van der Waals surface area contributed by atoms with E-state index in [0.29, 0.717) is 13.0 Å². The summed E-state index contributed by atoms with van der Waals surface area (Å²) >= 11 is 0. The van der Waals surface area contributed by atoms with E-state index < -0.39 is 0 Å². The Labute approximate surface area is 115 Å². The van der Waals surface area contributed by atoms with Crippen LogP contribution in [-0.2, 0) is 11.2 Å². The van der Waals surface area contributed by atoms with Crippen molar-refractivity contribution in [3.63, 3.8) is 0 Å². The zero-order valence-electron chi connectivity index (χ0n) is 12.1. The van der Waals surface area contributed by atoms with E-state index in [1.54, 1.807) is 7.11 Å². The smallest absolute Gasteiger partial charge is 0.227 e. The van der Waals surface area contributed by atoms with Crippen molar-refractivity contribution in [3.05, 3.63) is 29.8 Å². The summed E-state index contributed by atoms with van der Waals surface area (Å²) < 4.78 is 5.12. The lowest BCUT2D eigenvalue weighted by molar-refractivity contribution is -0.134. The maximum Gasteiger partial charge on any atom is 0.227 e. The van der Waals surface area contributed by atoms with Crippen LogP contribution in [0.25, 0.3) is 0 Å². The third-order valence-electron chi connectivity index (χ3n) is 3.35. The summed E-state index contributed by atoms with van der Waals surface area (Å²) in [5.41, 5.74) is 6.86. The van der Waals surface area contributed by atoms with Crippen molar-refractivity contribution in [2.45, 2.75) is 20.3 Å². The molecule has 2 N–H and O–H groups in total. The molecule has 4 nitrogen and oxygen atoms in total. The van der Waals surface area contributed by atoms with E-state index in [9.17, 15) is 4.79 Å². The molecule has 19 heavy (non-hydrogen) atoms. The predicted molar refractivity (Wildman–Crippen MR) is 77.2 cm³/mol. The second kappa shape index (κ2) is 7.79. The van der Waals surface area contributed by atoms with Gasteiger partial charge in [0.1, 0.15) is 5.75 Å². The molecule has 1 amide bonds. The normalized spacial score (nSPS) is 12.0. The topological polar surface area (TPSA) is 55.6 Å². The van der Waals surface area contributed by atoms with Crippen molar-refractivity contribution in [2.75, 3.05) is 26.7 Å². The van der Waals surface area contributed by atoms with E-state index in [1.165, 1.54) is 0 Å². The van der Waals surface area contributed by atoms with Crippen molar-refractivity contribution >= 4 is 5.91 Å².